The second-order valence-electron chi connectivity index (χ2n) is 4.85. The molecule has 0 aromatic heterocycles. The lowest BCUT2D eigenvalue weighted by molar-refractivity contribution is -0.145. The number of hydrogen-bond donors (Lipinski definition) is 1. The van der Waals surface area contributed by atoms with E-state index in [2.05, 4.69) is 0 Å². The molecule has 6 heteroatoms. The van der Waals surface area contributed by atoms with Crippen LogP contribution in [0.3, 0.4) is 0 Å². The minimum absolute atomic E-state index is 0.0496. The SMILES string of the molecule is Cc1cc(Cl)ccc1OCC(=O)N(CC(=O)O)C1CC1. The zero-order valence-corrected chi connectivity index (χ0v) is 11.9. The van der Waals surface area contributed by atoms with Crippen molar-refractivity contribution in [2.45, 2.75) is 25.8 Å². The van der Waals surface area contributed by atoms with Crippen molar-refractivity contribution < 1.29 is 19.4 Å². The van der Waals surface area contributed by atoms with Crippen LogP contribution in [0.25, 0.3) is 0 Å². The fourth-order valence-electron chi connectivity index (χ4n) is 1.95. The van der Waals surface area contributed by atoms with Crippen molar-refractivity contribution in [3.63, 3.8) is 0 Å². The number of aryl methyl sites for hydroxylation is 1. The van der Waals surface area contributed by atoms with Gasteiger partial charge in [-0.15, -0.1) is 0 Å². The summed E-state index contributed by atoms with van der Waals surface area (Å²) in [6.07, 6.45) is 1.72. The molecule has 1 aromatic rings. The van der Waals surface area contributed by atoms with Crippen molar-refractivity contribution in [3.8, 4) is 5.75 Å². The van der Waals surface area contributed by atoms with Crippen molar-refractivity contribution in [3.05, 3.63) is 28.8 Å². The predicted molar refractivity (Wildman–Crippen MR) is 74.1 cm³/mol. The Hall–Kier alpha value is -1.75. The molecule has 1 aliphatic carbocycles. The van der Waals surface area contributed by atoms with Gasteiger partial charge in [-0.3, -0.25) is 9.59 Å². The lowest BCUT2D eigenvalue weighted by Crippen LogP contribution is -2.40. The van der Waals surface area contributed by atoms with Crippen LogP contribution < -0.4 is 4.74 Å². The highest BCUT2D eigenvalue weighted by molar-refractivity contribution is 6.30. The number of carboxylic acids is 1. The van der Waals surface area contributed by atoms with E-state index in [1.807, 2.05) is 6.92 Å². The van der Waals surface area contributed by atoms with Crippen LogP contribution in [-0.4, -0.2) is 41.1 Å². The summed E-state index contributed by atoms with van der Waals surface area (Å²) in [5, 5.41) is 9.42. The molecule has 0 unspecified atom stereocenters. The van der Waals surface area contributed by atoms with E-state index in [9.17, 15) is 9.59 Å². The Morgan fingerprint density at radius 3 is 2.70 bits per heavy atom. The highest BCUT2D eigenvalue weighted by Crippen LogP contribution is 2.27. The maximum absolute atomic E-state index is 12.0. The van der Waals surface area contributed by atoms with E-state index in [1.54, 1.807) is 18.2 Å². The largest absolute Gasteiger partial charge is 0.483 e. The molecule has 0 radical (unpaired) electrons. The molecule has 1 fully saturated rings. The van der Waals surface area contributed by atoms with E-state index in [1.165, 1.54) is 4.90 Å². The summed E-state index contributed by atoms with van der Waals surface area (Å²) >= 11 is 5.84. The normalized spacial score (nSPS) is 13.9. The van der Waals surface area contributed by atoms with Gasteiger partial charge in [-0.05, 0) is 43.5 Å². The standard InChI is InChI=1S/C14H16ClNO4/c1-9-6-10(15)2-5-12(9)20-8-13(17)16(7-14(18)19)11-3-4-11/h2,5-6,11H,3-4,7-8H2,1H3,(H,18,19). The number of aliphatic carboxylic acids is 1. The molecular formula is C14H16ClNO4. The van der Waals surface area contributed by atoms with E-state index >= 15 is 0 Å². The second-order valence-corrected chi connectivity index (χ2v) is 5.28. The molecule has 5 nitrogen and oxygen atoms in total. The van der Waals surface area contributed by atoms with Gasteiger partial charge in [0.1, 0.15) is 12.3 Å². The van der Waals surface area contributed by atoms with Crippen molar-refractivity contribution in [2.75, 3.05) is 13.2 Å². The van der Waals surface area contributed by atoms with Crippen LogP contribution in [0.1, 0.15) is 18.4 Å². The highest BCUT2D eigenvalue weighted by atomic mass is 35.5. The molecule has 20 heavy (non-hydrogen) atoms. The number of ether oxygens (including phenoxy) is 1. The van der Waals surface area contributed by atoms with E-state index in [-0.39, 0.29) is 25.1 Å². The molecule has 0 saturated heterocycles. The molecule has 108 valence electrons. The topological polar surface area (TPSA) is 66.8 Å². The molecule has 0 aliphatic heterocycles. The van der Waals surface area contributed by atoms with Gasteiger partial charge in [0.15, 0.2) is 6.61 Å². The Morgan fingerprint density at radius 2 is 2.15 bits per heavy atom. The average molecular weight is 298 g/mol. The fraction of sp³-hybridized carbons (Fsp3) is 0.429. The predicted octanol–water partition coefficient (Wildman–Crippen LogP) is 2.10. The van der Waals surface area contributed by atoms with Crippen molar-refractivity contribution in [1.29, 1.82) is 0 Å². The van der Waals surface area contributed by atoms with Crippen molar-refractivity contribution >= 4 is 23.5 Å². The van der Waals surface area contributed by atoms with Gasteiger partial charge in [0.2, 0.25) is 0 Å². The second kappa shape index (κ2) is 6.13. The maximum Gasteiger partial charge on any atom is 0.323 e. The van der Waals surface area contributed by atoms with E-state index in [0.717, 1.165) is 18.4 Å². The third-order valence-corrected chi connectivity index (χ3v) is 3.34. The minimum atomic E-state index is -1.01. The van der Waals surface area contributed by atoms with Crippen LogP contribution in [-0.2, 0) is 9.59 Å². The van der Waals surface area contributed by atoms with Crippen LogP contribution in [0, 0.1) is 6.92 Å². The number of carboxylic acid groups (broad SMARTS) is 1. The molecule has 2 rings (SSSR count). The Bertz CT molecular complexity index is 528. The Morgan fingerprint density at radius 1 is 1.45 bits per heavy atom. The number of nitrogens with zero attached hydrogens (tertiary/aromatic N) is 1. The Balaban J connectivity index is 1.94. The lowest BCUT2D eigenvalue weighted by atomic mass is 10.2. The van der Waals surface area contributed by atoms with Gasteiger partial charge in [0.05, 0.1) is 0 Å². The fourth-order valence-corrected chi connectivity index (χ4v) is 2.18. The zero-order valence-electron chi connectivity index (χ0n) is 11.1. The first-order valence-corrected chi connectivity index (χ1v) is 6.75. The van der Waals surface area contributed by atoms with Crippen LogP contribution >= 0.6 is 11.6 Å². The number of rotatable bonds is 6. The highest BCUT2D eigenvalue weighted by Gasteiger charge is 2.33. The third-order valence-electron chi connectivity index (χ3n) is 3.10. The summed E-state index contributed by atoms with van der Waals surface area (Å²) in [5.74, 6) is -0.731. The molecule has 0 spiro atoms. The Kier molecular flexibility index (Phi) is 4.49. The van der Waals surface area contributed by atoms with Gasteiger partial charge in [0, 0.05) is 11.1 Å². The maximum atomic E-state index is 12.0. The van der Waals surface area contributed by atoms with Gasteiger partial charge < -0.3 is 14.7 Å². The van der Waals surface area contributed by atoms with Crippen LogP contribution in [0.2, 0.25) is 5.02 Å². The summed E-state index contributed by atoms with van der Waals surface area (Å²) in [7, 11) is 0. The third kappa shape index (κ3) is 3.87. The number of hydrogen-bond acceptors (Lipinski definition) is 3. The summed E-state index contributed by atoms with van der Waals surface area (Å²) in [4.78, 5) is 24.2. The quantitative estimate of drug-likeness (QED) is 0.873. The number of carbonyl (C=O) groups excluding carboxylic acids is 1. The van der Waals surface area contributed by atoms with E-state index in [0.29, 0.717) is 10.8 Å². The monoisotopic (exact) mass is 297 g/mol. The van der Waals surface area contributed by atoms with Gasteiger partial charge in [-0.2, -0.15) is 0 Å². The molecule has 0 bridgehead atoms. The van der Waals surface area contributed by atoms with E-state index < -0.39 is 5.97 Å². The van der Waals surface area contributed by atoms with Crippen LogP contribution in [0.4, 0.5) is 0 Å². The number of carbonyl (C=O) groups is 2. The van der Waals surface area contributed by atoms with Gasteiger partial charge in [0.25, 0.3) is 5.91 Å². The van der Waals surface area contributed by atoms with Crippen LogP contribution in [0.5, 0.6) is 5.75 Å². The average Bonchev–Trinajstić information content (AvgIpc) is 3.18. The molecule has 1 N–H and O–H groups in total. The molecule has 0 heterocycles. The van der Waals surface area contributed by atoms with Crippen molar-refractivity contribution in [1.82, 2.24) is 4.90 Å². The molecular weight excluding hydrogens is 282 g/mol. The zero-order chi connectivity index (χ0) is 14.7. The molecule has 1 saturated carbocycles. The summed E-state index contributed by atoms with van der Waals surface area (Å²) in [6, 6.07) is 5.18. The summed E-state index contributed by atoms with van der Waals surface area (Å²) in [5.41, 5.74) is 0.835. The van der Waals surface area contributed by atoms with Gasteiger partial charge >= 0.3 is 5.97 Å². The van der Waals surface area contributed by atoms with Gasteiger partial charge in [-0.1, -0.05) is 11.6 Å². The number of benzene rings is 1. The number of amides is 1. The lowest BCUT2D eigenvalue weighted by Gasteiger charge is -2.20. The first kappa shape index (κ1) is 14.7. The smallest absolute Gasteiger partial charge is 0.323 e. The molecule has 0 atom stereocenters. The number of halogens is 1. The Labute approximate surface area is 122 Å². The molecule has 1 aliphatic rings. The molecule has 1 amide bonds. The molecule has 1 aromatic carbocycles. The summed E-state index contributed by atoms with van der Waals surface area (Å²) < 4.78 is 5.45. The first-order chi connectivity index (χ1) is 9.47. The van der Waals surface area contributed by atoms with Crippen LogP contribution in [0.15, 0.2) is 18.2 Å². The van der Waals surface area contributed by atoms with Crippen molar-refractivity contribution in [2.24, 2.45) is 0 Å². The van der Waals surface area contributed by atoms with Gasteiger partial charge in [-0.25, -0.2) is 0 Å². The summed E-state index contributed by atoms with van der Waals surface area (Å²) in [6.45, 7) is 1.40. The first-order valence-electron chi connectivity index (χ1n) is 6.37. The van der Waals surface area contributed by atoms with E-state index in [4.69, 9.17) is 21.4 Å². The minimum Gasteiger partial charge on any atom is -0.483 e.